The Kier molecular flexibility index (Phi) is 6.27. The quantitative estimate of drug-likeness (QED) is 0.549. The Bertz CT molecular complexity index is 1050. The van der Waals surface area contributed by atoms with E-state index in [1.807, 2.05) is 32.0 Å². The normalized spacial score (nSPS) is 11.0. The summed E-state index contributed by atoms with van der Waals surface area (Å²) >= 11 is 1.26. The Morgan fingerprint density at radius 3 is 2.59 bits per heavy atom. The van der Waals surface area contributed by atoms with Gasteiger partial charge in [0, 0.05) is 10.4 Å². The van der Waals surface area contributed by atoms with Gasteiger partial charge in [-0.2, -0.15) is 0 Å². The molecule has 0 radical (unpaired) electrons. The van der Waals surface area contributed by atoms with E-state index in [4.69, 9.17) is 4.74 Å². The Morgan fingerprint density at radius 1 is 1.14 bits per heavy atom. The lowest BCUT2D eigenvalue weighted by Crippen LogP contribution is -2.20. The van der Waals surface area contributed by atoms with Crippen LogP contribution in [0.3, 0.4) is 0 Å². The van der Waals surface area contributed by atoms with E-state index in [1.54, 1.807) is 0 Å². The number of carbonyl (C=O) groups is 1. The van der Waals surface area contributed by atoms with Gasteiger partial charge >= 0.3 is 0 Å². The lowest BCUT2D eigenvalue weighted by atomic mass is 10.0. The third-order valence-corrected chi connectivity index (χ3v) is 5.27. The molecule has 0 aliphatic carbocycles. The third-order valence-electron chi connectivity index (χ3n) is 4.39. The smallest absolute Gasteiger partial charge is 0.264 e. The first-order valence-electron chi connectivity index (χ1n) is 9.20. The molecule has 3 rings (SSSR count). The molecule has 0 fully saturated rings. The van der Waals surface area contributed by atoms with Crippen molar-refractivity contribution in [3.8, 4) is 17.0 Å². The van der Waals surface area contributed by atoms with Gasteiger partial charge in [0.05, 0.1) is 5.69 Å². The van der Waals surface area contributed by atoms with Crippen molar-refractivity contribution < 1.29 is 18.3 Å². The van der Waals surface area contributed by atoms with Gasteiger partial charge < -0.3 is 4.74 Å². The van der Waals surface area contributed by atoms with Gasteiger partial charge in [-0.15, -0.1) is 11.3 Å². The number of aromatic nitrogens is 1. The van der Waals surface area contributed by atoms with Gasteiger partial charge in [-0.05, 0) is 55.2 Å². The van der Waals surface area contributed by atoms with Crippen molar-refractivity contribution in [2.24, 2.45) is 0 Å². The van der Waals surface area contributed by atoms with Gasteiger partial charge in [0.25, 0.3) is 5.91 Å². The van der Waals surface area contributed by atoms with E-state index in [2.05, 4.69) is 24.1 Å². The number of nitrogens with zero attached hydrogens (tertiary/aromatic N) is 1. The molecule has 3 aromatic rings. The second-order valence-electron chi connectivity index (χ2n) is 7.09. The molecule has 4 nitrogen and oxygen atoms in total. The summed E-state index contributed by atoms with van der Waals surface area (Å²) in [5.74, 6) is -1.23. The van der Waals surface area contributed by atoms with Crippen molar-refractivity contribution in [3.63, 3.8) is 0 Å². The summed E-state index contributed by atoms with van der Waals surface area (Å²) in [6, 6.07) is 9.55. The maximum Gasteiger partial charge on any atom is 0.264 e. The summed E-state index contributed by atoms with van der Waals surface area (Å²) in [4.78, 5) is 17.5. The summed E-state index contributed by atoms with van der Waals surface area (Å²) in [6.07, 6.45) is 0. The van der Waals surface area contributed by atoms with E-state index in [1.165, 1.54) is 17.4 Å². The largest absolute Gasteiger partial charge is 0.483 e. The first kappa shape index (κ1) is 20.9. The van der Waals surface area contributed by atoms with Gasteiger partial charge in [0.1, 0.15) is 5.75 Å². The highest BCUT2D eigenvalue weighted by molar-refractivity contribution is 7.16. The Labute approximate surface area is 172 Å². The lowest BCUT2D eigenvalue weighted by molar-refractivity contribution is -0.118. The highest BCUT2D eigenvalue weighted by Crippen LogP contribution is 2.31. The van der Waals surface area contributed by atoms with Crippen LogP contribution in [0.5, 0.6) is 5.75 Å². The Hall–Kier alpha value is -2.80. The van der Waals surface area contributed by atoms with E-state index < -0.39 is 11.6 Å². The highest BCUT2D eigenvalue weighted by Gasteiger charge is 2.15. The molecule has 0 bridgehead atoms. The van der Waals surface area contributed by atoms with E-state index >= 15 is 0 Å². The molecule has 1 aromatic heterocycles. The van der Waals surface area contributed by atoms with E-state index in [0.717, 1.165) is 28.1 Å². The number of aryl methyl sites for hydroxylation is 2. The second-order valence-corrected chi connectivity index (χ2v) is 8.29. The molecule has 0 atom stereocenters. The van der Waals surface area contributed by atoms with Crippen molar-refractivity contribution in [1.29, 1.82) is 0 Å². The molecule has 0 aliphatic rings. The van der Waals surface area contributed by atoms with Crippen molar-refractivity contribution in [1.82, 2.24) is 4.98 Å². The molecule has 0 aliphatic heterocycles. The molecule has 0 unspecified atom stereocenters. The number of carbonyl (C=O) groups excluding carboxylic acids is 1. The molecular formula is C22H22F2N2O2S. The van der Waals surface area contributed by atoms with Crippen LogP contribution in [0.1, 0.15) is 35.8 Å². The third kappa shape index (κ3) is 4.98. The highest BCUT2D eigenvalue weighted by atomic mass is 32.1. The molecule has 1 heterocycles. The fraction of sp³-hybridized carbons (Fsp3) is 0.273. The zero-order valence-electron chi connectivity index (χ0n) is 16.7. The number of hydrogen-bond donors (Lipinski definition) is 1. The summed E-state index contributed by atoms with van der Waals surface area (Å²) in [7, 11) is 0. The average molecular weight is 416 g/mol. The monoisotopic (exact) mass is 416 g/mol. The predicted octanol–water partition coefficient (Wildman–Crippen LogP) is 5.85. The summed E-state index contributed by atoms with van der Waals surface area (Å²) in [5, 5.41) is 3.09. The molecule has 0 spiro atoms. The number of hydrogen-bond acceptors (Lipinski definition) is 4. The second kappa shape index (κ2) is 8.69. The van der Waals surface area contributed by atoms with Crippen LogP contribution in [-0.4, -0.2) is 17.5 Å². The van der Waals surface area contributed by atoms with Crippen LogP contribution < -0.4 is 10.1 Å². The molecule has 1 amide bonds. The number of halogens is 2. The summed E-state index contributed by atoms with van der Waals surface area (Å²) in [6.45, 7) is 7.76. The van der Waals surface area contributed by atoms with E-state index in [-0.39, 0.29) is 18.4 Å². The predicted molar refractivity (Wildman–Crippen MR) is 112 cm³/mol. The van der Waals surface area contributed by atoms with Crippen LogP contribution in [0.2, 0.25) is 0 Å². The number of amides is 1. The van der Waals surface area contributed by atoms with Gasteiger partial charge in [-0.3, -0.25) is 10.1 Å². The number of anilines is 1. The van der Waals surface area contributed by atoms with E-state index in [0.29, 0.717) is 22.1 Å². The van der Waals surface area contributed by atoms with Gasteiger partial charge in [0.15, 0.2) is 23.4 Å². The van der Waals surface area contributed by atoms with Crippen LogP contribution in [0.15, 0.2) is 36.4 Å². The number of thiazole rings is 1. The maximum absolute atomic E-state index is 13.5. The first-order valence-corrected chi connectivity index (χ1v) is 10.0. The molecule has 7 heteroatoms. The van der Waals surface area contributed by atoms with Crippen molar-refractivity contribution in [2.75, 3.05) is 11.9 Å². The molecular weight excluding hydrogens is 394 g/mol. The number of ether oxygens (including phenoxy) is 1. The molecule has 152 valence electrons. The standard InChI is InChI=1S/C22H22F2N2O2S/c1-12(2)16-7-5-13(3)9-19(16)28-11-20(27)25-22-26-21(14(4)29-22)15-6-8-17(23)18(24)10-15/h5-10,12H,11H2,1-4H3,(H,25,26,27). The molecule has 1 N–H and O–H groups in total. The first-order chi connectivity index (χ1) is 13.7. The van der Waals surface area contributed by atoms with Gasteiger partial charge in [-0.1, -0.05) is 26.0 Å². The Balaban J connectivity index is 1.69. The zero-order valence-corrected chi connectivity index (χ0v) is 17.5. The summed E-state index contributed by atoms with van der Waals surface area (Å²) in [5.41, 5.74) is 3.05. The SMILES string of the molecule is Cc1ccc(C(C)C)c(OCC(=O)Nc2nc(-c3ccc(F)c(F)c3)c(C)s2)c1. The molecule has 29 heavy (non-hydrogen) atoms. The number of rotatable bonds is 6. The molecule has 0 saturated heterocycles. The van der Waals surface area contributed by atoms with E-state index in [9.17, 15) is 13.6 Å². The van der Waals surface area contributed by atoms with Gasteiger partial charge in [-0.25, -0.2) is 13.8 Å². The van der Waals surface area contributed by atoms with Crippen LogP contribution in [0, 0.1) is 25.5 Å². The minimum absolute atomic E-state index is 0.150. The van der Waals surface area contributed by atoms with Crippen LogP contribution in [0.4, 0.5) is 13.9 Å². The minimum atomic E-state index is -0.937. The van der Waals surface area contributed by atoms with Crippen LogP contribution >= 0.6 is 11.3 Å². The van der Waals surface area contributed by atoms with Crippen molar-refractivity contribution in [3.05, 3.63) is 64.0 Å². The minimum Gasteiger partial charge on any atom is -0.483 e. The Morgan fingerprint density at radius 2 is 1.90 bits per heavy atom. The number of nitrogens with one attached hydrogen (secondary N) is 1. The molecule has 2 aromatic carbocycles. The fourth-order valence-corrected chi connectivity index (χ4v) is 3.76. The zero-order chi connectivity index (χ0) is 21.1. The van der Waals surface area contributed by atoms with Crippen molar-refractivity contribution in [2.45, 2.75) is 33.6 Å². The van der Waals surface area contributed by atoms with Gasteiger partial charge in [0.2, 0.25) is 0 Å². The van der Waals surface area contributed by atoms with Crippen molar-refractivity contribution >= 4 is 22.4 Å². The van der Waals surface area contributed by atoms with Crippen LogP contribution in [0.25, 0.3) is 11.3 Å². The lowest BCUT2D eigenvalue weighted by Gasteiger charge is -2.14. The summed E-state index contributed by atoms with van der Waals surface area (Å²) < 4.78 is 32.4. The topological polar surface area (TPSA) is 51.2 Å². The number of benzene rings is 2. The average Bonchev–Trinajstić information content (AvgIpc) is 3.02. The fourth-order valence-electron chi connectivity index (χ4n) is 2.90. The van der Waals surface area contributed by atoms with Crippen LogP contribution in [-0.2, 0) is 4.79 Å². The maximum atomic E-state index is 13.5. The molecule has 0 saturated carbocycles.